The maximum atomic E-state index is 8.89. The van der Waals surface area contributed by atoms with Gasteiger partial charge < -0.3 is 39.6 Å². The monoisotopic (exact) mass is 423 g/mol. The summed E-state index contributed by atoms with van der Waals surface area (Å²) in [6.07, 6.45) is 0. The van der Waals surface area contributed by atoms with E-state index < -0.39 is 23.9 Å². The summed E-state index contributed by atoms with van der Waals surface area (Å²) in [6.45, 7) is 3.89. The van der Waals surface area contributed by atoms with E-state index in [1.165, 1.54) is 0 Å². The molecule has 9 heteroatoms. The SMILES string of the molecule is CC(=O)[O-].CC(=O)[O-].CC(=O)[O-].CC(=O)[O-].[Re+4]. The van der Waals surface area contributed by atoms with Gasteiger partial charge in [0.2, 0.25) is 0 Å². The maximum Gasteiger partial charge on any atom is 4.00 e. The number of carboxylic acid groups (broad SMARTS) is 4. The van der Waals surface area contributed by atoms with Crippen molar-refractivity contribution in [2.45, 2.75) is 27.7 Å². The molecule has 0 unspecified atom stereocenters. The molecule has 0 atom stereocenters. The van der Waals surface area contributed by atoms with Crippen molar-refractivity contribution in [1.82, 2.24) is 0 Å². The fraction of sp³-hybridized carbons (Fsp3) is 0.500. The molecule has 0 saturated carbocycles. The zero-order chi connectivity index (χ0) is 14.3. The van der Waals surface area contributed by atoms with Crippen molar-refractivity contribution in [1.29, 1.82) is 0 Å². The van der Waals surface area contributed by atoms with Gasteiger partial charge in [-0.05, 0) is 27.7 Å². The van der Waals surface area contributed by atoms with Crippen molar-refractivity contribution in [3.8, 4) is 0 Å². The first-order valence-electron chi connectivity index (χ1n) is 3.63. The van der Waals surface area contributed by atoms with Crippen molar-refractivity contribution < 1.29 is 60.0 Å². The van der Waals surface area contributed by atoms with Gasteiger partial charge in [-0.1, -0.05) is 0 Å². The van der Waals surface area contributed by atoms with Crippen LogP contribution in [0.5, 0.6) is 0 Å². The predicted molar refractivity (Wildman–Crippen MR) is 42.7 cm³/mol. The van der Waals surface area contributed by atoms with Crippen LogP contribution in [0.1, 0.15) is 27.7 Å². The van der Waals surface area contributed by atoms with Gasteiger partial charge in [-0.3, -0.25) is 0 Å². The molecule has 17 heavy (non-hydrogen) atoms. The summed E-state index contributed by atoms with van der Waals surface area (Å²) in [5.41, 5.74) is 0. The fourth-order valence-corrected chi connectivity index (χ4v) is 0. The third-order valence-corrected chi connectivity index (χ3v) is 0. The van der Waals surface area contributed by atoms with E-state index in [4.69, 9.17) is 39.6 Å². The Morgan fingerprint density at radius 2 is 0.529 bits per heavy atom. The number of hydrogen-bond acceptors (Lipinski definition) is 8. The molecule has 0 aromatic carbocycles. The van der Waals surface area contributed by atoms with Gasteiger partial charge in [0.05, 0.1) is 0 Å². The standard InChI is InChI=1S/4C2H4O2.Re/c4*1-2(3)4;/h4*1H3,(H,3,4);/q;;;;+4/p-4. The molecule has 0 aliphatic heterocycles. The number of carbonyl (C=O) groups is 4. The van der Waals surface area contributed by atoms with Gasteiger partial charge in [0.25, 0.3) is 0 Å². The molecule has 0 aliphatic rings. The van der Waals surface area contributed by atoms with E-state index in [1.54, 1.807) is 0 Å². The molecule has 0 fully saturated rings. The van der Waals surface area contributed by atoms with E-state index in [0.29, 0.717) is 0 Å². The van der Waals surface area contributed by atoms with Gasteiger partial charge in [-0.15, -0.1) is 0 Å². The molecule has 0 amide bonds. The number of carboxylic acids is 4. The molecule has 0 aromatic rings. The second-order valence-electron chi connectivity index (χ2n) is 1.97. The average molecular weight is 422 g/mol. The van der Waals surface area contributed by atoms with Crippen LogP contribution in [0.15, 0.2) is 0 Å². The Kier molecular flexibility index (Phi) is 41.7. The van der Waals surface area contributed by atoms with Gasteiger partial charge in [-0.25, -0.2) is 0 Å². The Morgan fingerprint density at radius 3 is 0.529 bits per heavy atom. The minimum absolute atomic E-state index is 0. The van der Waals surface area contributed by atoms with Crippen molar-refractivity contribution in [2.75, 3.05) is 0 Å². The quantitative estimate of drug-likeness (QED) is 0.375. The summed E-state index contributed by atoms with van der Waals surface area (Å²) in [6, 6.07) is 0. The Bertz CT molecular complexity index is 162. The van der Waals surface area contributed by atoms with Gasteiger partial charge in [0.1, 0.15) is 0 Å². The van der Waals surface area contributed by atoms with Crippen LogP contribution in [-0.2, 0) is 39.6 Å². The van der Waals surface area contributed by atoms with Crippen molar-refractivity contribution in [3.05, 3.63) is 0 Å². The predicted octanol–water partition coefficient (Wildman–Crippen LogP) is -4.98. The van der Waals surface area contributed by atoms with E-state index in [1.807, 2.05) is 0 Å². The molecule has 0 bridgehead atoms. The summed E-state index contributed by atoms with van der Waals surface area (Å²) in [5.74, 6) is -4.33. The topological polar surface area (TPSA) is 161 Å². The van der Waals surface area contributed by atoms with E-state index in [9.17, 15) is 0 Å². The van der Waals surface area contributed by atoms with Crippen LogP contribution >= 0.6 is 0 Å². The molecule has 0 aromatic heterocycles. The molecule has 8 nitrogen and oxygen atoms in total. The summed E-state index contributed by atoms with van der Waals surface area (Å²) in [5, 5.41) is 35.6. The van der Waals surface area contributed by atoms with E-state index in [-0.39, 0.29) is 20.4 Å². The van der Waals surface area contributed by atoms with Crippen LogP contribution < -0.4 is 20.4 Å². The first kappa shape index (κ1) is 29.6. The van der Waals surface area contributed by atoms with Crippen LogP contribution in [0.3, 0.4) is 0 Å². The number of aliphatic carboxylic acids is 4. The first-order valence-corrected chi connectivity index (χ1v) is 3.63. The minimum Gasteiger partial charge on any atom is -0.550 e. The normalized spacial score (nSPS) is 5.88. The first-order chi connectivity index (χ1) is 6.93. The van der Waals surface area contributed by atoms with Crippen molar-refractivity contribution >= 4 is 23.9 Å². The largest absolute Gasteiger partial charge is 4.00 e. The van der Waals surface area contributed by atoms with Crippen LogP contribution in [-0.4, -0.2) is 23.9 Å². The Hall–Kier alpha value is -1.46. The van der Waals surface area contributed by atoms with Gasteiger partial charge >= 0.3 is 20.4 Å². The van der Waals surface area contributed by atoms with Gasteiger partial charge in [0, 0.05) is 23.9 Å². The van der Waals surface area contributed by atoms with Crippen LogP contribution in [0.25, 0.3) is 0 Å². The molecule has 0 aliphatic carbocycles. The third kappa shape index (κ3) is 1080. The summed E-state index contributed by atoms with van der Waals surface area (Å²) >= 11 is 0. The molecule has 0 rings (SSSR count). The second kappa shape index (κ2) is 24.0. The summed E-state index contributed by atoms with van der Waals surface area (Å²) < 4.78 is 0. The molecule has 0 saturated heterocycles. The number of hydrogen-bond donors (Lipinski definition) is 0. The second-order valence-corrected chi connectivity index (χ2v) is 1.97. The van der Waals surface area contributed by atoms with Crippen LogP contribution in [0.2, 0.25) is 0 Å². The molecule has 1 radical (unpaired) electrons. The average Bonchev–Trinajstić information content (AvgIpc) is 1.76. The van der Waals surface area contributed by atoms with Gasteiger partial charge in [0.15, 0.2) is 0 Å². The molecule has 0 spiro atoms. The Labute approximate surface area is 112 Å². The van der Waals surface area contributed by atoms with E-state index in [2.05, 4.69) is 0 Å². The zero-order valence-electron chi connectivity index (χ0n) is 9.64. The number of rotatable bonds is 0. The Morgan fingerprint density at radius 1 is 0.529 bits per heavy atom. The molecular weight excluding hydrogens is 410 g/mol. The molecule has 0 N–H and O–H groups in total. The molecule has 99 valence electrons. The van der Waals surface area contributed by atoms with E-state index in [0.717, 1.165) is 27.7 Å². The van der Waals surface area contributed by atoms with Crippen LogP contribution in [0, 0.1) is 0 Å². The number of carbonyl (C=O) groups excluding carboxylic acids is 4. The van der Waals surface area contributed by atoms with Gasteiger partial charge in [-0.2, -0.15) is 0 Å². The zero-order valence-corrected chi connectivity index (χ0v) is 12.4. The third-order valence-electron chi connectivity index (χ3n) is 0. The molecular formula is C8H12O8Re. The molecule has 0 heterocycles. The fourth-order valence-electron chi connectivity index (χ4n) is 0. The maximum absolute atomic E-state index is 8.89. The van der Waals surface area contributed by atoms with E-state index >= 15 is 0 Å². The van der Waals surface area contributed by atoms with Crippen molar-refractivity contribution in [3.63, 3.8) is 0 Å². The van der Waals surface area contributed by atoms with Crippen molar-refractivity contribution in [2.24, 2.45) is 0 Å². The summed E-state index contributed by atoms with van der Waals surface area (Å²) in [4.78, 5) is 35.6. The Balaban J connectivity index is -0.0000000369. The summed E-state index contributed by atoms with van der Waals surface area (Å²) in [7, 11) is 0. The smallest absolute Gasteiger partial charge is 0.550 e. The minimum atomic E-state index is -1.08. The van der Waals surface area contributed by atoms with Crippen LogP contribution in [0.4, 0.5) is 0 Å².